The zero-order valence-electron chi connectivity index (χ0n) is 12.6. The quantitative estimate of drug-likeness (QED) is 0.863. The number of hydrogen-bond acceptors (Lipinski definition) is 3. The summed E-state index contributed by atoms with van der Waals surface area (Å²) in [6, 6.07) is 16.6. The van der Waals surface area contributed by atoms with Gasteiger partial charge in [-0.25, -0.2) is 4.79 Å². The molecular weight excluding hydrogens is 274 g/mol. The third kappa shape index (κ3) is 1.92. The number of ether oxygens (including phenoxy) is 1. The van der Waals surface area contributed by atoms with Gasteiger partial charge in [0.05, 0.1) is 6.61 Å². The van der Waals surface area contributed by atoms with Crippen LogP contribution in [0.2, 0.25) is 0 Å². The predicted octanol–water partition coefficient (Wildman–Crippen LogP) is 3.35. The molecule has 0 saturated heterocycles. The normalized spacial score (nSPS) is 24.7. The van der Waals surface area contributed by atoms with Gasteiger partial charge >= 0.3 is 5.97 Å². The van der Waals surface area contributed by atoms with E-state index in [9.17, 15) is 4.79 Å². The van der Waals surface area contributed by atoms with Crippen molar-refractivity contribution in [3.05, 3.63) is 65.2 Å². The number of carbonyl (C=O) groups is 1. The number of anilines is 1. The number of esters is 1. The van der Waals surface area contributed by atoms with E-state index in [0.29, 0.717) is 6.61 Å². The van der Waals surface area contributed by atoms with E-state index in [-0.39, 0.29) is 23.8 Å². The summed E-state index contributed by atoms with van der Waals surface area (Å²) < 4.78 is 5.30. The average molecular weight is 293 g/mol. The first-order valence-electron chi connectivity index (χ1n) is 7.89. The Morgan fingerprint density at radius 1 is 1.14 bits per heavy atom. The summed E-state index contributed by atoms with van der Waals surface area (Å²) in [5.41, 5.74) is 5.05. The first-order valence-corrected chi connectivity index (χ1v) is 7.89. The fourth-order valence-corrected chi connectivity index (χ4v) is 3.97. The molecule has 112 valence electrons. The van der Waals surface area contributed by atoms with Crippen LogP contribution in [0, 0.1) is 5.92 Å². The molecule has 0 radical (unpaired) electrons. The SMILES string of the molecule is CCOC(=O)[C@H]1Nc2ccccc2[C@H]2c3ccccc3C[C@@H]21. The number of fused-ring (bicyclic) bond motifs is 5. The maximum atomic E-state index is 12.4. The van der Waals surface area contributed by atoms with Crippen molar-refractivity contribution in [1.29, 1.82) is 0 Å². The van der Waals surface area contributed by atoms with Crippen molar-refractivity contribution in [1.82, 2.24) is 0 Å². The highest BCUT2D eigenvalue weighted by atomic mass is 16.5. The summed E-state index contributed by atoms with van der Waals surface area (Å²) in [5.74, 6) is 0.370. The van der Waals surface area contributed by atoms with Crippen molar-refractivity contribution in [2.45, 2.75) is 25.3 Å². The third-order valence-electron chi connectivity index (χ3n) is 4.85. The van der Waals surface area contributed by atoms with Crippen LogP contribution in [0.25, 0.3) is 0 Å². The topological polar surface area (TPSA) is 38.3 Å². The molecule has 1 N–H and O–H groups in total. The molecular formula is C19H19NO2. The Labute approximate surface area is 130 Å². The summed E-state index contributed by atoms with van der Waals surface area (Å²) in [4.78, 5) is 12.4. The third-order valence-corrected chi connectivity index (χ3v) is 4.85. The van der Waals surface area contributed by atoms with Crippen molar-refractivity contribution < 1.29 is 9.53 Å². The van der Waals surface area contributed by atoms with Gasteiger partial charge in [0, 0.05) is 17.5 Å². The summed E-state index contributed by atoms with van der Waals surface area (Å²) in [6.45, 7) is 2.28. The van der Waals surface area contributed by atoms with Gasteiger partial charge in [-0.2, -0.15) is 0 Å². The maximum absolute atomic E-state index is 12.4. The molecule has 0 saturated carbocycles. The lowest BCUT2D eigenvalue weighted by molar-refractivity contribution is -0.145. The van der Waals surface area contributed by atoms with E-state index in [4.69, 9.17) is 4.74 Å². The van der Waals surface area contributed by atoms with Gasteiger partial charge in [0.1, 0.15) is 6.04 Å². The minimum absolute atomic E-state index is 0.139. The minimum Gasteiger partial charge on any atom is -0.464 e. The number of hydrogen-bond donors (Lipinski definition) is 1. The second-order valence-corrected chi connectivity index (χ2v) is 6.01. The fourth-order valence-electron chi connectivity index (χ4n) is 3.97. The van der Waals surface area contributed by atoms with Crippen LogP contribution in [0.1, 0.15) is 29.5 Å². The lowest BCUT2D eigenvalue weighted by atomic mass is 9.78. The van der Waals surface area contributed by atoms with E-state index in [1.54, 1.807) is 0 Å². The Bertz CT molecular complexity index is 725. The number of rotatable bonds is 2. The standard InChI is InChI=1S/C19H19NO2/c1-2-22-19(21)18-15-11-12-7-3-4-8-13(12)17(15)14-9-5-6-10-16(14)20-18/h3-10,15,17-18,20H,2,11H2,1H3/t15-,17+,18-/m0/s1. The highest BCUT2D eigenvalue weighted by molar-refractivity contribution is 5.82. The van der Waals surface area contributed by atoms with Gasteiger partial charge in [-0.1, -0.05) is 42.5 Å². The van der Waals surface area contributed by atoms with Crippen molar-refractivity contribution >= 4 is 11.7 Å². The van der Waals surface area contributed by atoms with E-state index in [0.717, 1.165) is 12.1 Å². The molecule has 2 aromatic carbocycles. The number of nitrogens with one attached hydrogen (secondary N) is 1. The molecule has 0 unspecified atom stereocenters. The number of para-hydroxylation sites is 1. The van der Waals surface area contributed by atoms with Crippen molar-refractivity contribution in [3.8, 4) is 0 Å². The van der Waals surface area contributed by atoms with Gasteiger partial charge in [-0.15, -0.1) is 0 Å². The van der Waals surface area contributed by atoms with Crippen molar-refractivity contribution in [2.24, 2.45) is 5.92 Å². The van der Waals surface area contributed by atoms with Crippen LogP contribution in [0.4, 0.5) is 5.69 Å². The molecule has 1 aliphatic carbocycles. The zero-order chi connectivity index (χ0) is 15.1. The van der Waals surface area contributed by atoms with Crippen LogP contribution in [0.15, 0.2) is 48.5 Å². The second-order valence-electron chi connectivity index (χ2n) is 6.01. The van der Waals surface area contributed by atoms with Crippen LogP contribution in [0.3, 0.4) is 0 Å². The molecule has 1 heterocycles. The summed E-state index contributed by atoms with van der Waals surface area (Å²) >= 11 is 0. The molecule has 0 spiro atoms. The van der Waals surface area contributed by atoms with Gasteiger partial charge in [0.15, 0.2) is 0 Å². The number of benzene rings is 2. The molecule has 22 heavy (non-hydrogen) atoms. The Morgan fingerprint density at radius 3 is 2.68 bits per heavy atom. The van der Waals surface area contributed by atoms with Crippen LogP contribution in [-0.4, -0.2) is 18.6 Å². The minimum atomic E-state index is -0.271. The van der Waals surface area contributed by atoms with E-state index >= 15 is 0 Å². The predicted molar refractivity (Wildman–Crippen MR) is 86.0 cm³/mol. The smallest absolute Gasteiger partial charge is 0.328 e. The van der Waals surface area contributed by atoms with E-state index in [1.807, 2.05) is 13.0 Å². The van der Waals surface area contributed by atoms with Crippen molar-refractivity contribution in [3.63, 3.8) is 0 Å². The lowest BCUT2D eigenvalue weighted by Crippen LogP contribution is -2.43. The molecule has 3 heteroatoms. The molecule has 2 aromatic rings. The zero-order valence-corrected chi connectivity index (χ0v) is 12.6. The Balaban J connectivity index is 1.83. The lowest BCUT2D eigenvalue weighted by Gasteiger charge is -2.36. The van der Waals surface area contributed by atoms with Gasteiger partial charge in [0.2, 0.25) is 0 Å². The first kappa shape index (κ1) is 13.4. The molecule has 0 fully saturated rings. The molecule has 0 bridgehead atoms. The maximum Gasteiger partial charge on any atom is 0.328 e. The first-order chi connectivity index (χ1) is 10.8. The molecule has 0 amide bonds. The summed E-state index contributed by atoms with van der Waals surface area (Å²) in [7, 11) is 0. The average Bonchev–Trinajstić information content (AvgIpc) is 2.94. The Morgan fingerprint density at radius 2 is 1.86 bits per heavy atom. The monoisotopic (exact) mass is 293 g/mol. The van der Waals surface area contributed by atoms with E-state index < -0.39 is 0 Å². The molecule has 4 rings (SSSR count). The van der Waals surface area contributed by atoms with Gasteiger partial charge in [-0.3, -0.25) is 0 Å². The fraction of sp³-hybridized carbons (Fsp3) is 0.316. The van der Waals surface area contributed by atoms with Gasteiger partial charge in [0.25, 0.3) is 0 Å². The van der Waals surface area contributed by atoms with Crippen LogP contribution in [0.5, 0.6) is 0 Å². The van der Waals surface area contributed by atoms with Crippen LogP contribution >= 0.6 is 0 Å². The van der Waals surface area contributed by atoms with Crippen molar-refractivity contribution in [2.75, 3.05) is 11.9 Å². The van der Waals surface area contributed by atoms with E-state index in [1.165, 1.54) is 16.7 Å². The summed E-state index contributed by atoms with van der Waals surface area (Å²) in [6.07, 6.45) is 0.922. The largest absolute Gasteiger partial charge is 0.464 e. The summed E-state index contributed by atoms with van der Waals surface area (Å²) in [5, 5.41) is 3.41. The number of carbonyl (C=O) groups excluding carboxylic acids is 1. The molecule has 0 aromatic heterocycles. The van der Waals surface area contributed by atoms with Gasteiger partial charge in [-0.05, 0) is 36.1 Å². The van der Waals surface area contributed by atoms with E-state index in [2.05, 4.69) is 47.8 Å². The highest BCUT2D eigenvalue weighted by Crippen LogP contribution is 2.49. The Hall–Kier alpha value is -2.29. The Kier molecular flexibility index (Phi) is 3.14. The van der Waals surface area contributed by atoms with Gasteiger partial charge < -0.3 is 10.1 Å². The molecule has 2 aliphatic rings. The molecule has 3 nitrogen and oxygen atoms in total. The van der Waals surface area contributed by atoms with Crippen LogP contribution < -0.4 is 5.32 Å². The second kappa shape index (κ2) is 5.16. The highest BCUT2D eigenvalue weighted by Gasteiger charge is 2.45. The molecule has 3 atom stereocenters. The molecule has 1 aliphatic heterocycles. The van der Waals surface area contributed by atoms with Crippen LogP contribution in [-0.2, 0) is 16.0 Å².